The Morgan fingerprint density at radius 3 is 2.55 bits per heavy atom. The Bertz CT molecular complexity index is 1430. The molecule has 1 aromatic heterocycles. The first-order valence-corrected chi connectivity index (χ1v) is 9.93. The molecule has 0 aliphatic rings. The second-order valence-electron chi connectivity index (χ2n) is 7.58. The number of nitrogens with zero attached hydrogens (tertiary/aromatic N) is 2. The van der Waals surface area contributed by atoms with Crippen LogP contribution in [-0.2, 0) is 13.2 Å². The number of alkyl halides is 3. The Morgan fingerprint density at radius 2 is 1.79 bits per heavy atom. The molecule has 0 spiro atoms. The summed E-state index contributed by atoms with van der Waals surface area (Å²) in [7, 11) is 1.62. The van der Waals surface area contributed by atoms with Crippen LogP contribution in [0.1, 0.15) is 21.5 Å². The lowest BCUT2D eigenvalue weighted by Crippen LogP contribution is -2.16. The van der Waals surface area contributed by atoms with Crippen LogP contribution in [-0.4, -0.2) is 15.5 Å². The van der Waals surface area contributed by atoms with Gasteiger partial charge in [-0.25, -0.2) is 4.98 Å². The highest BCUT2D eigenvalue weighted by Crippen LogP contribution is 2.31. The van der Waals surface area contributed by atoms with Crippen LogP contribution in [0.2, 0.25) is 0 Å². The van der Waals surface area contributed by atoms with E-state index in [9.17, 15) is 22.8 Å². The van der Waals surface area contributed by atoms with Crippen molar-refractivity contribution in [1.82, 2.24) is 9.55 Å². The highest BCUT2D eigenvalue weighted by atomic mass is 19.4. The molecule has 1 amide bonds. The monoisotopic (exact) mass is 452 g/mol. The number of aromatic nitrogens is 2. The number of carbonyl (C=O) groups is 1. The molecule has 0 aliphatic carbocycles. The van der Waals surface area contributed by atoms with Crippen molar-refractivity contribution in [2.45, 2.75) is 13.1 Å². The third-order valence-electron chi connectivity index (χ3n) is 5.14. The number of nitrogens with one attached hydrogen (secondary N) is 2. The Hall–Kier alpha value is -4.14. The van der Waals surface area contributed by atoms with Crippen molar-refractivity contribution in [2.24, 2.45) is 7.05 Å². The average Bonchev–Trinajstić information content (AvgIpc) is 2.77. The Balaban J connectivity index is 1.59. The number of anilines is 3. The van der Waals surface area contributed by atoms with E-state index in [1.54, 1.807) is 43.4 Å². The Kier molecular flexibility index (Phi) is 5.63. The zero-order chi connectivity index (χ0) is 23.8. The van der Waals surface area contributed by atoms with Gasteiger partial charge in [-0.3, -0.25) is 9.59 Å². The molecule has 168 valence electrons. The molecule has 9 heteroatoms. The molecule has 0 aliphatic heterocycles. The summed E-state index contributed by atoms with van der Waals surface area (Å²) in [5, 5.41) is 6.14. The lowest BCUT2D eigenvalue weighted by atomic mass is 10.1. The molecule has 0 bridgehead atoms. The number of amides is 1. The lowest BCUT2D eigenvalue weighted by molar-refractivity contribution is -0.137. The molecule has 33 heavy (non-hydrogen) atoms. The molecule has 4 aromatic rings. The standard InChI is InChI=1S/C24H19F3N4O2/c1-14-6-7-15(22(32)30-17-5-3-4-16(11-17)24(25,26)27)10-21(14)29-18-8-9-20-19(12-18)23(33)31(2)13-28-20/h3-13,29H,1-2H3,(H,30,32). The first kappa shape index (κ1) is 22.1. The van der Waals surface area contributed by atoms with Gasteiger partial charge in [-0.05, 0) is 61.0 Å². The third-order valence-corrected chi connectivity index (χ3v) is 5.14. The van der Waals surface area contributed by atoms with Crippen LogP contribution in [0.3, 0.4) is 0 Å². The second-order valence-corrected chi connectivity index (χ2v) is 7.58. The first-order valence-electron chi connectivity index (χ1n) is 9.93. The number of rotatable bonds is 4. The maximum absolute atomic E-state index is 12.9. The minimum Gasteiger partial charge on any atom is -0.355 e. The molecule has 2 N–H and O–H groups in total. The summed E-state index contributed by atoms with van der Waals surface area (Å²) in [6.07, 6.45) is -3.05. The highest BCUT2D eigenvalue weighted by molar-refractivity contribution is 6.05. The molecule has 1 heterocycles. The van der Waals surface area contributed by atoms with Crippen molar-refractivity contribution in [3.8, 4) is 0 Å². The normalized spacial score (nSPS) is 11.4. The molecule has 0 saturated carbocycles. The van der Waals surface area contributed by atoms with E-state index in [0.29, 0.717) is 22.3 Å². The zero-order valence-corrected chi connectivity index (χ0v) is 17.7. The van der Waals surface area contributed by atoms with Gasteiger partial charge in [0.25, 0.3) is 11.5 Å². The van der Waals surface area contributed by atoms with Gasteiger partial charge in [0.05, 0.1) is 22.8 Å². The fourth-order valence-electron chi connectivity index (χ4n) is 3.32. The highest BCUT2D eigenvalue weighted by Gasteiger charge is 2.30. The Labute approximate surface area is 186 Å². The average molecular weight is 452 g/mol. The first-order chi connectivity index (χ1) is 15.6. The lowest BCUT2D eigenvalue weighted by Gasteiger charge is -2.13. The molecule has 0 saturated heterocycles. The number of fused-ring (bicyclic) bond motifs is 1. The van der Waals surface area contributed by atoms with Gasteiger partial charge in [0.1, 0.15) is 0 Å². The Morgan fingerprint density at radius 1 is 1.00 bits per heavy atom. The molecule has 0 radical (unpaired) electrons. The number of benzene rings is 3. The molecular formula is C24H19F3N4O2. The van der Waals surface area contributed by atoms with E-state index < -0.39 is 17.6 Å². The predicted molar refractivity (Wildman–Crippen MR) is 121 cm³/mol. The molecule has 0 atom stereocenters. The van der Waals surface area contributed by atoms with Crippen LogP contribution in [0.4, 0.5) is 30.2 Å². The summed E-state index contributed by atoms with van der Waals surface area (Å²) < 4.78 is 40.2. The smallest absolute Gasteiger partial charge is 0.355 e. The maximum atomic E-state index is 12.9. The molecule has 3 aromatic carbocycles. The van der Waals surface area contributed by atoms with Gasteiger partial charge in [0, 0.05) is 29.7 Å². The van der Waals surface area contributed by atoms with Gasteiger partial charge in [-0.15, -0.1) is 0 Å². The quantitative estimate of drug-likeness (QED) is 0.443. The van der Waals surface area contributed by atoms with Crippen LogP contribution >= 0.6 is 0 Å². The minimum atomic E-state index is -4.50. The number of carbonyl (C=O) groups excluding carboxylic acids is 1. The van der Waals surface area contributed by atoms with E-state index in [1.165, 1.54) is 23.0 Å². The fraction of sp³-hybridized carbons (Fsp3) is 0.125. The van der Waals surface area contributed by atoms with Crippen molar-refractivity contribution in [3.05, 3.63) is 94.0 Å². The summed E-state index contributed by atoms with van der Waals surface area (Å²) >= 11 is 0. The van der Waals surface area contributed by atoms with Gasteiger partial charge in [0.2, 0.25) is 0 Å². The number of halogens is 3. The largest absolute Gasteiger partial charge is 0.416 e. The summed E-state index contributed by atoms with van der Waals surface area (Å²) in [4.78, 5) is 29.3. The van der Waals surface area contributed by atoms with E-state index in [-0.39, 0.29) is 16.8 Å². The van der Waals surface area contributed by atoms with Crippen molar-refractivity contribution >= 4 is 33.9 Å². The molecule has 6 nitrogen and oxygen atoms in total. The minimum absolute atomic E-state index is 0.0442. The molecule has 0 fully saturated rings. The molecular weight excluding hydrogens is 433 g/mol. The van der Waals surface area contributed by atoms with Crippen LogP contribution in [0, 0.1) is 6.92 Å². The van der Waals surface area contributed by atoms with Gasteiger partial charge in [-0.1, -0.05) is 12.1 Å². The van der Waals surface area contributed by atoms with Gasteiger partial charge < -0.3 is 15.2 Å². The summed E-state index contributed by atoms with van der Waals surface area (Å²) in [6, 6.07) is 14.5. The number of aryl methyl sites for hydroxylation is 2. The van der Waals surface area contributed by atoms with Crippen molar-refractivity contribution in [3.63, 3.8) is 0 Å². The van der Waals surface area contributed by atoms with E-state index in [4.69, 9.17) is 0 Å². The summed E-state index contributed by atoms with van der Waals surface area (Å²) in [5.41, 5.74) is 1.93. The third kappa shape index (κ3) is 4.72. The van der Waals surface area contributed by atoms with Crippen LogP contribution in [0.5, 0.6) is 0 Å². The second kappa shape index (κ2) is 8.42. The number of hydrogen-bond donors (Lipinski definition) is 2. The van der Waals surface area contributed by atoms with Gasteiger partial charge in [-0.2, -0.15) is 13.2 Å². The predicted octanol–water partition coefficient (Wildman–Crippen LogP) is 5.26. The van der Waals surface area contributed by atoms with Crippen molar-refractivity contribution in [1.29, 1.82) is 0 Å². The topological polar surface area (TPSA) is 76.0 Å². The SMILES string of the molecule is Cc1ccc(C(=O)Nc2cccc(C(F)(F)F)c2)cc1Nc1ccc2ncn(C)c(=O)c2c1. The summed E-state index contributed by atoms with van der Waals surface area (Å²) in [5.74, 6) is -0.547. The van der Waals surface area contributed by atoms with Crippen molar-refractivity contribution < 1.29 is 18.0 Å². The van der Waals surface area contributed by atoms with Crippen LogP contribution < -0.4 is 16.2 Å². The van der Waals surface area contributed by atoms with Gasteiger partial charge in [0.15, 0.2) is 0 Å². The summed E-state index contributed by atoms with van der Waals surface area (Å²) in [6.45, 7) is 1.85. The van der Waals surface area contributed by atoms with Gasteiger partial charge >= 0.3 is 6.18 Å². The van der Waals surface area contributed by atoms with E-state index in [2.05, 4.69) is 15.6 Å². The number of hydrogen-bond acceptors (Lipinski definition) is 4. The fourth-order valence-corrected chi connectivity index (χ4v) is 3.32. The molecule has 0 unspecified atom stereocenters. The van der Waals surface area contributed by atoms with E-state index in [0.717, 1.165) is 17.7 Å². The van der Waals surface area contributed by atoms with E-state index >= 15 is 0 Å². The maximum Gasteiger partial charge on any atom is 0.416 e. The van der Waals surface area contributed by atoms with Crippen LogP contribution in [0.25, 0.3) is 10.9 Å². The zero-order valence-electron chi connectivity index (χ0n) is 17.7. The molecule has 4 rings (SSSR count). The van der Waals surface area contributed by atoms with E-state index in [1.807, 2.05) is 6.92 Å². The van der Waals surface area contributed by atoms with Crippen LogP contribution in [0.15, 0.2) is 71.8 Å². The van der Waals surface area contributed by atoms with Crippen molar-refractivity contribution in [2.75, 3.05) is 10.6 Å².